The lowest BCUT2D eigenvalue weighted by molar-refractivity contribution is -0.134. The highest BCUT2D eigenvalue weighted by molar-refractivity contribution is 5.94. The number of amides is 1. The first-order valence-corrected chi connectivity index (χ1v) is 13.1. The van der Waals surface area contributed by atoms with Crippen LogP contribution >= 0.6 is 0 Å². The molecule has 2 aromatic rings. The number of aryl methyl sites for hydroxylation is 2. The number of nitrogens with zero attached hydrogens (tertiary/aromatic N) is 2. The lowest BCUT2D eigenvalue weighted by atomic mass is 9.50. The third kappa shape index (κ3) is 3.24. The summed E-state index contributed by atoms with van der Waals surface area (Å²) in [6.45, 7) is 9.99. The molecule has 2 heterocycles. The molecule has 1 saturated heterocycles. The Morgan fingerprint density at radius 3 is 2.94 bits per heavy atom. The van der Waals surface area contributed by atoms with Crippen molar-refractivity contribution in [1.82, 2.24) is 9.80 Å². The van der Waals surface area contributed by atoms with Crippen LogP contribution in [0.5, 0.6) is 11.5 Å². The number of likely N-dealkylation sites (tertiary alicyclic amines) is 1. The first kappa shape index (κ1) is 23.2. The van der Waals surface area contributed by atoms with E-state index in [0.717, 1.165) is 55.5 Å². The van der Waals surface area contributed by atoms with Gasteiger partial charge in [-0.25, -0.2) is 0 Å². The van der Waals surface area contributed by atoms with E-state index in [0.29, 0.717) is 17.7 Å². The van der Waals surface area contributed by atoms with E-state index in [-0.39, 0.29) is 29.2 Å². The van der Waals surface area contributed by atoms with Crippen LogP contribution in [0.15, 0.2) is 43.0 Å². The van der Waals surface area contributed by atoms with Crippen molar-refractivity contribution in [3.05, 3.63) is 70.8 Å². The SMILES string of the molecule is C=CCN1CC[C@]23c4c5c(C)cc(O)c4O[C@H]2[C@H](N(C)C(=O)C#Cc2cccc(C)c2)CC[C@H]3[C@H]1C5. The molecule has 2 aromatic carbocycles. The number of phenolic OH excluding ortho intramolecular Hbond substituents is 1. The normalized spacial score (nSPS) is 29.4. The van der Waals surface area contributed by atoms with E-state index < -0.39 is 0 Å². The van der Waals surface area contributed by atoms with Crippen LogP contribution in [0, 0.1) is 31.6 Å². The fraction of sp³-hybridized carbons (Fsp3) is 0.452. The number of ether oxygens (including phenoxy) is 1. The Hall–Kier alpha value is -3.23. The smallest absolute Gasteiger partial charge is 0.298 e. The molecular formula is C31H34N2O3. The van der Waals surface area contributed by atoms with Gasteiger partial charge in [-0.05, 0) is 86.9 Å². The van der Waals surface area contributed by atoms with Gasteiger partial charge in [-0.2, -0.15) is 0 Å². The van der Waals surface area contributed by atoms with Gasteiger partial charge in [0.1, 0.15) is 6.10 Å². The van der Waals surface area contributed by atoms with Crippen molar-refractivity contribution in [2.75, 3.05) is 20.1 Å². The Labute approximate surface area is 213 Å². The molecule has 5 heteroatoms. The fourth-order valence-electron chi connectivity index (χ4n) is 7.74. The number of piperidine rings is 1. The Bertz CT molecular complexity index is 1320. The van der Waals surface area contributed by atoms with Crippen LogP contribution in [0.3, 0.4) is 0 Å². The van der Waals surface area contributed by atoms with Gasteiger partial charge in [-0.15, -0.1) is 6.58 Å². The third-order valence-electron chi connectivity index (χ3n) is 9.27. The van der Waals surface area contributed by atoms with Crippen molar-refractivity contribution >= 4 is 5.91 Å². The number of benzene rings is 2. The quantitative estimate of drug-likeness (QED) is 0.528. The van der Waals surface area contributed by atoms with Gasteiger partial charge in [0, 0.05) is 42.1 Å². The molecule has 5 atom stereocenters. The van der Waals surface area contributed by atoms with Crippen molar-refractivity contribution in [2.45, 2.75) is 63.1 Å². The lowest BCUT2D eigenvalue weighted by Crippen LogP contribution is -2.68. The molecule has 186 valence electrons. The number of phenols is 1. The van der Waals surface area contributed by atoms with Crippen LogP contribution in [0.25, 0.3) is 0 Å². The van der Waals surface area contributed by atoms with E-state index in [4.69, 9.17) is 4.74 Å². The molecule has 36 heavy (non-hydrogen) atoms. The average molecular weight is 483 g/mol. The fourth-order valence-corrected chi connectivity index (χ4v) is 7.74. The molecule has 6 rings (SSSR count). The molecule has 1 amide bonds. The molecule has 0 aromatic heterocycles. The number of aromatic hydroxyl groups is 1. The minimum absolute atomic E-state index is 0.0924. The molecular weight excluding hydrogens is 448 g/mol. The van der Waals surface area contributed by atoms with E-state index >= 15 is 0 Å². The number of hydrogen-bond donors (Lipinski definition) is 1. The summed E-state index contributed by atoms with van der Waals surface area (Å²) in [6, 6.07) is 10.1. The summed E-state index contributed by atoms with van der Waals surface area (Å²) >= 11 is 0. The van der Waals surface area contributed by atoms with Crippen LogP contribution in [0.4, 0.5) is 0 Å². The maximum atomic E-state index is 13.3. The zero-order chi connectivity index (χ0) is 25.2. The topological polar surface area (TPSA) is 53.0 Å². The minimum atomic E-state index is -0.187. The number of likely N-dealkylation sites (N-methyl/N-ethyl adjacent to an activating group) is 1. The van der Waals surface area contributed by atoms with Gasteiger partial charge in [0.05, 0.1) is 6.04 Å². The van der Waals surface area contributed by atoms with Crippen LogP contribution in [0.2, 0.25) is 0 Å². The molecule has 2 aliphatic heterocycles. The summed E-state index contributed by atoms with van der Waals surface area (Å²) in [6.07, 6.45) is 5.67. The summed E-state index contributed by atoms with van der Waals surface area (Å²) < 4.78 is 6.69. The van der Waals surface area contributed by atoms with Gasteiger partial charge in [0.25, 0.3) is 5.91 Å². The van der Waals surface area contributed by atoms with Crippen molar-refractivity contribution in [3.63, 3.8) is 0 Å². The summed E-state index contributed by atoms with van der Waals surface area (Å²) in [5.74, 6) is 7.05. The van der Waals surface area contributed by atoms with Crippen LogP contribution in [0.1, 0.15) is 47.1 Å². The minimum Gasteiger partial charge on any atom is -0.504 e. The Balaban J connectivity index is 1.38. The van der Waals surface area contributed by atoms with Crippen LogP contribution in [-0.2, 0) is 16.6 Å². The second-order valence-electron chi connectivity index (χ2n) is 11.1. The third-order valence-corrected chi connectivity index (χ3v) is 9.27. The van der Waals surface area contributed by atoms with Gasteiger partial charge >= 0.3 is 0 Å². The first-order valence-electron chi connectivity index (χ1n) is 13.1. The van der Waals surface area contributed by atoms with Crippen molar-refractivity contribution in [3.8, 4) is 23.3 Å². The zero-order valence-corrected chi connectivity index (χ0v) is 21.4. The maximum absolute atomic E-state index is 13.3. The number of rotatable bonds is 3. The van der Waals surface area contributed by atoms with E-state index in [1.54, 1.807) is 4.90 Å². The number of carbonyl (C=O) groups is 1. The van der Waals surface area contributed by atoms with E-state index in [2.05, 4.69) is 30.2 Å². The average Bonchev–Trinajstić information content (AvgIpc) is 3.20. The summed E-state index contributed by atoms with van der Waals surface area (Å²) in [5.41, 5.74) is 5.47. The summed E-state index contributed by atoms with van der Waals surface area (Å²) in [4.78, 5) is 17.7. The van der Waals surface area contributed by atoms with Gasteiger partial charge in [0.15, 0.2) is 11.5 Å². The molecule has 2 bridgehead atoms. The largest absolute Gasteiger partial charge is 0.504 e. The number of hydrogen-bond acceptors (Lipinski definition) is 4. The summed E-state index contributed by atoms with van der Waals surface area (Å²) in [7, 11) is 1.86. The second kappa shape index (κ2) is 8.42. The highest BCUT2D eigenvalue weighted by Crippen LogP contribution is 2.64. The monoisotopic (exact) mass is 482 g/mol. The Morgan fingerprint density at radius 1 is 1.33 bits per heavy atom. The highest BCUT2D eigenvalue weighted by atomic mass is 16.5. The molecule has 5 nitrogen and oxygen atoms in total. The van der Waals surface area contributed by atoms with E-state index in [1.807, 2.05) is 50.4 Å². The predicted octanol–water partition coefficient (Wildman–Crippen LogP) is 4.11. The van der Waals surface area contributed by atoms with Crippen molar-refractivity contribution in [1.29, 1.82) is 0 Å². The molecule has 4 aliphatic rings. The predicted molar refractivity (Wildman–Crippen MR) is 140 cm³/mol. The standard InChI is InChI=1S/C31H34N2O3/c1-5-14-33-15-13-31-23-10-11-24(32(4)27(35)12-9-21-8-6-7-19(2)16-21)30(31)36-29-26(34)17-20(3)22(28(29)31)18-25(23)33/h5-8,16-17,23-25,30,34H,1,10-11,13-15,18H2,2-4H3/t23-,24+,25+,30-,31-/m0/s1. The van der Waals surface area contributed by atoms with Gasteiger partial charge < -0.3 is 14.7 Å². The molecule has 2 aliphatic carbocycles. The van der Waals surface area contributed by atoms with Crippen molar-refractivity contribution in [2.24, 2.45) is 5.92 Å². The van der Waals surface area contributed by atoms with Crippen LogP contribution < -0.4 is 4.74 Å². The van der Waals surface area contributed by atoms with Gasteiger partial charge in [0.2, 0.25) is 0 Å². The molecule has 1 spiro atoms. The first-order chi connectivity index (χ1) is 17.3. The van der Waals surface area contributed by atoms with Gasteiger partial charge in [-0.3, -0.25) is 9.69 Å². The molecule has 2 fully saturated rings. The molecule has 0 unspecified atom stereocenters. The summed E-state index contributed by atoms with van der Waals surface area (Å²) in [5, 5.41) is 10.9. The Kier molecular flexibility index (Phi) is 5.42. The molecule has 1 saturated carbocycles. The Morgan fingerprint density at radius 2 is 2.17 bits per heavy atom. The lowest BCUT2D eigenvalue weighted by Gasteiger charge is -2.60. The highest BCUT2D eigenvalue weighted by Gasteiger charge is 2.66. The van der Waals surface area contributed by atoms with Crippen LogP contribution in [-0.4, -0.2) is 59.1 Å². The molecule has 1 N–H and O–H groups in total. The second-order valence-corrected chi connectivity index (χ2v) is 11.1. The van der Waals surface area contributed by atoms with E-state index in [9.17, 15) is 9.90 Å². The molecule has 0 radical (unpaired) electrons. The number of carbonyl (C=O) groups excluding carboxylic acids is 1. The van der Waals surface area contributed by atoms with Gasteiger partial charge in [-0.1, -0.05) is 24.1 Å². The van der Waals surface area contributed by atoms with E-state index in [1.165, 1.54) is 11.1 Å². The van der Waals surface area contributed by atoms with Crippen molar-refractivity contribution < 1.29 is 14.6 Å². The maximum Gasteiger partial charge on any atom is 0.298 e. The zero-order valence-electron chi connectivity index (χ0n) is 21.4.